The van der Waals surface area contributed by atoms with E-state index in [1.54, 1.807) is 6.08 Å². The molecule has 0 unspecified atom stereocenters. The molecule has 0 bridgehead atoms. The Kier molecular flexibility index (Phi) is 4.39. The molecule has 0 radical (unpaired) electrons. The van der Waals surface area contributed by atoms with E-state index in [1.807, 2.05) is 36.4 Å². The lowest BCUT2D eigenvalue weighted by molar-refractivity contribution is -0.140. The average Bonchev–Trinajstić information content (AvgIpc) is 2.75. The van der Waals surface area contributed by atoms with Crippen LogP contribution in [0.5, 0.6) is 0 Å². The van der Waals surface area contributed by atoms with Gasteiger partial charge < -0.3 is 5.11 Å². The molecule has 0 aromatic heterocycles. The first-order valence-electron chi connectivity index (χ1n) is 6.61. The number of halogens is 1. The Morgan fingerprint density at radius 2 is 1.96 bits per heavy atom. The quantitative estimate of drug-likeness (QED) is 0.664. The van der Waals surface area contributed by atoms with Crippen LogP contribution in [0.3, 0.4) is 0 Å². The Hall–Kier alpha value is -1.89. The fourth-order valence-corrected chi connectivity index (χ4v) is 3.73. The van der Waals surface area contributed by atoms with Crippen LogP contribution in [0.1, 0.15) is 5.56 Å². The zero-order chi connectivity index (χ0) is 16.6. The van der Waals surface area contributed by atoms with Gasteiger partial charge in [-0.2, -0.15) is 0 Å². The summed E-state index contributed by atoms with van der Waals surface area (Å²) < 4.78 is 0.237. The fraction of sp³-hybridized carbons (Fsp3) is 0.0625. The van der Waals surface area contributed by atoms with E-state index in [0.29, 0.717) is 15.5 Å². The Morgan fingerprint density at radius 3 is 2.61 bits per heavy atom. The smallest absolute Gasteiger partial charge is 0.323 e. The highest BCUT2D eigenvalue weighted by Crippen LogP contribution is 2.34. The Bertz CT molecular complexity index is 879. The third-order valence-corrected chi connectivity index (χ3v) is 5.02. The molecule has 2 aromatic carbocycles. The Labute approximate surface area is 146 Å². The van der Waals surface area contributed by atoms with Crippen molar-refractivity contribution in [1.29, 1.82) is 0 Å². The summed E-state index contributed by atoms with van der Waals surface area (Å²) in [6.07, 6.45) is 1.65. The molecule has 1 N–H and O–H groups in total. The van der Waals surface area contributed by atoms with Gasteiger partial charge >= 0.3 is 5.97 Å². The van der Waals surface area contributed by atoms with Crippen molar-refractivity contribution in [2.24, 2.45) is 0 Å². The second-order valence-electron chi connectivity index (χ2n) is 4.88. The van der Waals surface area contributed by atoms with E-state index in [0.717, 1.165) is 27.4 Å². The maximum Gasteiger partial charge on any atom is 0.323 e. The summed E-state index contributed by atoms with van der Waals surface area (Å²) in [6, 6.07) is 11.5. The standard InChI is InChI=1S/C16H10ClNO3S2/c17-12-6-10-4-2-1-3-9(10)5-11(12)7-13-15(21)18(8-14(19)20)16(22)23-13/h1-7H,8H2,(H,19,20)/b13-7-. The van der Waals surface area contributed by atoms with Gasteiger partial charge in [-0.1, -0.05) is 59.8 Å². The lowest BCUT2D eigenvalue weighted by Gasteiger charge is -2.10. The van der Waals surface area contributed by atoms with Crippen molar-refractivity contribution in [1.82, 2.24) is 4.90 Å². The molecule has 1 heterocycles. The van der Waals surface area contributed by atoms with Gasteiger partial charge in [-0.25, -0.2) is 0 Å². The highest BCUT2D eigenvalue weighted by molar-refractivity contribution is 8.26. The van der Waals surface area contributed by atoms with Gasteiger partial charge in [0.2, 0.25) is 0 Å². The maximum absolute atomic E-state index is 12.3. The minimum absolute atomic E-state index is 0.237. The van der Waals surface area contributed by atoms with Crippen LogP contribution in [0.4, 0.5) is 0 Å². The maximum atomic E-state index is 12.3. The Balaban J connectivity index is 1.99. The molecule has 4 nitrogen and oxygen atoms in total. The minimum atomic E-state index is -1.11. The van der Waals surface area contributed by atoms with E-state index in [2.05, 4.69) is 0 Å². The molecule has 1 saturated heterocycles. The molecule has 1 aliphatic heterocycles. The van der Waals surface area contributed by atoms with Crippen LogP contribution in [0.15, 0.2) is 41.3 Å². The van der Waals surface area contributed by atoms with Crippen molar-refractivity contribution in [3.05, 3.63) is 51.9 Å². The highest BCUT2D eigenvalue weighted by atomic mass is 35.5. The summed E-state index contributed by atoms with van der Waals surface area (Å²) in [7, 11) is 0. The summed E-state index contributed by atoms with van der Waals surface area (Å²) in [5, 5.41) is 11.4. The second kappa shape index (κ2) is 6.31. The largest absolute Gasteiger partial charge is 0.480 e. The normalized spacial score (nSPS) is 16.6. The molecular weight excluding hydrogens is 354 g/mol. The number of carboxylic acid groups (broad SMARTS) is 1. The number of hydrogen-bond donors (Lipinski definition) is 1. The number of carbonyl (C=O) groups is 2. The van der Waals surface area contributed by atoms with Gasteiger partial charge in [-0.05, 0) is 34.5 Å². The van der Waals surface area contributed by atoms with Gasteiger partial charge in [0, 0.05) is 5.02 Å². The number of fused-ring (bicyclic) bond motifs is 1. The number of hydrogen-bond acceptors (Lipinski definition) is 4. The number of aliphatic carboxylic acids is 1. The summed E-state index contributed by atoms with van der Waals surface area (Å²) in [5.74, 6) is -1.52. The van der Waals surface area contributed by atoms with Crippen LogP contribution in [0.2, 0.25) is 5.02 Å². The first kappa shape index (κ1) is 16.0. The van der Waals surface area contributed by atoms with Gasteiger partial charge in [0.05, 0.1) is 4.91 Å². The van der Waals surface area contributed by atoms with E-state index >= 15 is 0 Å². The molecule has 1 amide bonds. The molecule has 0 spiro atoms. The average molecular weight is 364 g/mol. The molecule has 2 aromatic rings. The topological polar surface area (TPSA) is 57.6 Å². The second-order valence-corrected chi connectivity index (χ2v) is 6.97. The van der Waals surface area contributed by atoms with Crippen molar-refractivity contribution in [2.45, 2.75) is 0 Å². The number of rotatable bonds is 3. The van der Waals surface area contributed by atoms with E-state index in [9.17, 15) is 9.59 Å². The van der Waals surface area contributed by atoms with Gasteiger partial charge in [0.25, 0.3) is 5.91 Å². The molecule has 1 aliphatic rings. The predicted octanol–water partition coefficient (Wildman–Crippen LogP) is 3.78. The van der Waals surface area contributed by atoms with E-state index in [4.69, 9.17) is 28.9 Å². The zero-order valence-electron chi connectivity index (χ0n) is 11.7. The molecule has 116 valence electrons. The van der Waals surface area contributed by atoms with Crippen LogP contribution >= 0.6 is 35.6 Å². The van der Waals surface area contributed by atoms with E-state index in [-0.39, 0.29) is 4.32 Å². The fourth-order valence-electron chi connectivity index (χ4n) is 2.25. The number of thioether (sulfide) groups is 1. The third-order valence-electron chi connectivity index (χ3n) is 3.32. The van der Waals surface area contributed by atoms with Crippen LogP contribution in [-0.2, 0) is 9.59 Å². The molecule has 1 fully saturated rings. The van der Waals surface area contributed by atoms with Gasteiger partial charge in [-0.15, -0.1) is 0 Å². The van der Waals surface area contributed by atoms with Crippen LogP contribution in [-0.4, -0.2) is 32.7 Å². The summed E-state index contributed by atoms with van der Waals surface area (Å²) in [6.45, 7) is -0.437. The minimum Gasteiger partial charge on any atom is -0.480 e. The van der Waals surface area contributed by atoms with Gasteiger partial charge in [0.1, 0.15) is 10.9 Å². The summed E-state index contributed by atoms with van der Waals surface area (Å²) in [5.41, 5.74) is 0.696. The van der Waals surface area contributed by atoms with Crippen LogP contribution in [0, 0.1) is 0 Å². The van der Waals surface area contributed by atoms with Crippen molar-refractivity contribution in [2.75, 3.05) is 6.54 Å². The van der Waals surface area contributed by atoms with Gasteiger partial charge in [-0.3, -0.25) is 14.5 Å². The number of benzene rings is 2. The van der Waals surface area contributed by atoms with Crippen LogP contribution in [0.25, 0.3) is 16.8 Å². The first-order chi connectivity index (χ1) is 11.0. The summed E-state index contributed by atoms with van der Waals surface area (Å²) in [4.78, 5) is 24.5. The molecule has 3 rings (SSSR count). The number of thiocarbonyl (C=S) groups is 1. The molecule has 0 saturated carbocycles. The molecule has 23 heavy (non-hydrogen) atoms. The van der Waals surface area contributed by atoms with Crippen LogP contribution < -0.4 is 0 Å². The number of amides is 1. The lowest BCUT2D eigenvalue weighted by atomic mass is 10.1. The monoisotopic (exact) mass is 363 g/mol. The number of carbonyl (C=O) groups excluding carboxylic acids is 1. The lowest BCUT2D eigenvalue weighted by Crippen LogP contribution is -2.33. The third kappa shape index (κ3) is 3.24. The van der Waals surface area contributed by atoms with Crippen molar-refractivity contribution >= 4 is 68.6 Å². The number of carboxylic acids is 1. The van der Waals surface area contributed by atoms with Gasteiger partial charge in [0.15, 0.2) is 0 Å². The molecule has 0 atom stereocenters. The van der Waals surface area contributed by atoms with Crippen molar-refractivity contribution < 1.29 is 14.7 Å². The first-order valence-corrected chi connectivity index (χ1v) is 8.21. The SMILES string of the molecule is O=C(O)CN1C(=O)/C(=C/c2cc3ccccc3cc2Cl)SC1=S. The Morgan fingerprint density at radius 1 is 1.30 bits per heavy atom. The zero-order valence-corrected chi connectivity index (χ0v) is 14.0. The van der Waals surface area contributed by atoms with E-state index in [1.165, 1.54) is 0 Å². The highest BCUT2D eigenvalue weighted by Gasteiger charge is 2.33. The molecule has 0 aliphatic carbocycles. The van der Waals surface area contributed by atoms with Crippen molar-refractivity contribution in [3.8, 4) is 0 Å². The summed E-state index contributed by atoms with van der Waals surface area (Å²) >= 11 is 12.4. The molecular formula is C16H10ClNO3S2. The molecule has 7 heteroatoms. The number of nitrogens with zero attached hydrogens (tertiary/aromatic N) is 1. The van der Waals surface area contributed by atoms with E-state index < -0.39 is 18.4 Å². The predicted molar refractivity (Wildman–Crippen MR) is 96.5 cm³/mol. The van der Waals surface area contributed by atoms with Crippen molar-refractivity contribution in [3.63, 3.8) is 0 Å².